The summed E-state index contributed by atoms with van der Waals surface area (Å²) in [7, 11) is -3.88. The molecule has 1 heterocycles. The Morgan fingerprint density at radius 3 is 2.48 bits per heavy atom. The number of aromatic nitrogens is 1. The second-order valence-electron chi connectivity index (χ2n) is 3.93. The summed E-state index contributed by atoms with van der Waals surface area (Å²) < 4.78 is 27.2. The Hall–Kier alpha value is -1.64. The lowest BCUT2D eigenvalue weighted by Crippen LogP contribution is -2.13. The van der Waals surface area contributed by atoms with Crippen molar-refractivity contribution in [2.45, 2.75) is 4.90 Å². The zero-order valence-corrected chi connectivity index (χ0v) is 13.4. The van der Waals surface area contributed by atoms with Gasteiger partial charge in [-0.2, -0.15) is 0 Å². The van der Waals surface area contributed by atoms with Crippen LogP contribution in [-0.2, 0) is 10.0 Å². The van der Waals surface area contributed by atoms with Gasteiger partial charge in [0.25, 0.3) is 10.0 Å². The van der Waals surface area contributed by atoms with E-state index in [0.29, 0.717) is 4.47 Å². The molecule has 0 bridgehead atoms. The third-order valence-electron chi connectivity index (χ3n) is 2.46. The molecule has 110 valence electrons. The number of carboxylic acid groups (broad SMARTS) is 1. The van der Waals surface area contributed by atoms with Crippen LogP contribution in [0, 0.1) is 0 Å². The van der Waals surface area contributed by atoms with Gasteiger partial charge >= 0.3 is 5.97 Å². The standard InChI is InChI=1S/C12H8BrClN2O4S/c13-8-5-10(11(14)15-6-8)16-21(19,20)9-3-1-7(2-4-9)12(17)18/h1-6,16H,(H,17,18). The van der Waals surface area contributed by atoms with Gasteiger partial charge in [-0.1, -0.05) is 11.6 Å². The fraction of sp³-hybridized carbons (Fsp3) is 0. The Kier molecular flexibility index (Phi) is 4.50. The van der Waals surface area contributed by atoms with E-state index in [1.54, 1.807) is 0 Å². The van der Waals surface area contributed by atoms with Gasteiger partial charge in [0.2, 0.25) is 0 Å². The van der Waals surface area contributed by atoms with Crippen LogP contribution in [0.25, 0.3) is 0 Å². The van der Waals surface area contributed by atoms with Gasteiger partial charge in [0.15, 0.2) is 5.15 Å². The van der Waals surface area contributed by atoms with E-state index in [0.717, 1.165) is 0 Å². The maximum absolute atomic E-state index is 12.2. The number of carboxylic acids is 1. The molecule has 0 aliphatic heterocycles. The van der Waals surface area contributed by atoms with E-state index in [1.807, 2.05) is 0 Å². The van der Waals surface area contributed by atoms with Crippen LogP contribution in [0.2, 0.25) is 5.15 Å². The van der Waals surface area contributed by atoms with Crippen molar-refractivity contribution in [3.8, 4) is 0 Å². The average Bonchev–Trinajstić information content (AvgIpc) is 2.43. The molecule has 1 aromatic carbocycles. The number of hydrogen-bond acceptors (Lipinski definition) is 4. The van der Waals surface area contributed by atoms with Gasteiger partial charge in [0.1, 0.15) is 0 Å². The first-order valence-electron chi connectivity index (χ1n) is 5.47. The monoisotopic (exact) mass is 390 g/mol. The summed E-state index contributed by atoms with van der Waals surface area (Å²) in [4.78, 5) is 14.5. The van der Waals surface area contributed by atoms with Crippen LogP contribution in [0.3, 0.4) is 0 Å². The van der Waals surface area contributed by atoms with Crippen LogP contribution < -0.4 is 4.72 Å². The zero-order chi connectivity index (χ0) is 15.6. The second-order valence-corrected chi connectivity index (χ2v) is 6.88. The van der Waals surface area contributed by atoms with E-state index in [2.05, 4.69) is 25.6 Å². The molecule has 2 rings (SSSR count). The highest BCUT2D eigenvalue weighted by molar-refractivity contribution is 9.10. The minimum absolute atomic E-state index is 0.00361. The lowest BCUT2D eigenvalue weighted by Gasteiger charge is -2.09. The minimum Gasteiger partial charge on any atom is -0.478 e. The van der Waals surface area contributed by atoms with E-state index >= 15 is 0 Å². The third kappa shape index (κ3) is 3.72. The fourth-order valence-electron chi connectivity index (χ4n) is 1.47. The molecule has 2 N–H and O–H groups in total. The van der Waals surface area contributed by atoms with Crippen LogP contribution in [0.5, 0.6) is 0 Å². The number of nitrogens with one attached hydrogen (secondary N) is 1. The van der Waals surface area contributed by atoms with Crippen molar-refractivity contribution >= 4 is 49.2 Å². The number of aromatic carboxylic acids is 1. The number of pyridine rings is 1. The van der Waals surface area contributed by atoms with Crippen LogP contribution in [-0.4, -0.2) is 24.5 Å². The van der Waals surface area contributed by atoms with Crippen LogP contribution in [0.1, 0.15) is 10.4 Å². The van der Waals surface area contributed by atoms with E-state index in [1.165, 1.54) is 36.5 Å². The van der Waals surface area contributed by atoms with Crippen molar-refractivity contribution in [1.82, 2.24) is 4.98 Å². The van der Waals surface area contributed by atoms with Gasteiger partial charge in [-0.3, -0.25) is 4.72 Å². The quantitative estimate of drug-likeness (QED) is 0.781. The molecule has 0 aliphatic carbocycles. The van der Waals surface area contributed by atoms with Gasteiger partial charge in [-0.25, -0.2) is 18.2 Å². The predicted molar refractivity (Wildman–Crippen MR) is 81.2 cm³/mol. The molecular weight excluding hydrogens is 384 g/mol. The summed E-state index contributed by atoms with van der Waals surface area (Å²) in [5.74, 6) is -1.13. The number of anilines is 1. The highest BCUT2D eigenvalue weighted by atomic mass is 79.9. The maximum Gasteiger partial charge on any atom is 0.335 e. The largest absolute Gasteiger partial charge is 0.478 e. The van der Waals surface area contributed by atoms with Gasteiger partial charge in [-0.05, 0) is 46.3 Å². The molecule has 0 radical (unpaired) electrons. The summed E-state index contributed by atoms with van der Waals surface area (Å²) in [6, 6.07) is 6.28. The minimum atomic E-state index is -3.88. The number of hydrogen-bond donors (Lipinski definition) is 2. The molecule has 21 heavy (non-hydrogen) atoms. The first-order valence-corrected chi connectivity index (χ1v) is 8.12. The summed E-state index contributed by atoms with van der Waals surface area (Å²) in [5.41, 5.74) is 0.115. The first-order chi connectivity index (χ1) is 9.79. The van der Waals surface area contributed by atoms with Crippen molar-refractivity contribution in [1.29, 1.82) is 0 Å². The van der Waals surface area contributed by atoms with Crippen molar-refractivity contribution in [2.75, 3.05) is 4.72 Å². The Morgan fingerprint density at radius 2 is 1.90 bits per heavy atom. The smallest absolute Gasteiger partial charge is 0.335 e. The number of rotatable bonds is 4. The normalized spacial score (nSPS) is 11.1. The number of carbonyl (C=O) groups is 1. The predicted octanol–water partition coefficient (Wildman–Crippen LogP) is 3.00. The summed E-state index contributed by atoms with van der Waals surface area (Å²) >= 11 is 8.98. The lowest BCUT2D eigenvalue weighted by atomic mass is 10.2. The molecule has 2 aromatic rings. The highest BCUT2D eigenvalue weighted by Gasteiger charge is 2.17. The topological polar surface area (TPSA) is 96.4 Å². The lowest BCUT2D eigenvalue weighted by molar-refractivity contribution is 0.0697. The summed E-state index contributed by atoms with van der Waals surface area (Å²) in [6.45, 7) is 0. The number of halogens is 2. The summed E-state index contributed by atoms with van der Waals surface area (Å²) in [5, 5.41) is 8.79. The molecule has 1 aromatic heterocycles. The van der Waals surface area contributed by atoms with Crippen molar-refractivity contribution in [3.05, 3.63) is 51.7 Å². The number of sulfonamides is 1. The van der Waals surface area contributed by atoms with Crippen LogP contribution in [0.15, 0.2) is 45.9 Å². The molecule has 0 fully saturated rings. The Balaban J connectivity index is 2.34. The molecule has 0 amide bonds. The Bertz CT molecular complexity index is 793. The zero-order valence-electron chi connectivity index (χ0n) is 10.2. The molecule has 0 atom stereocenters. The second kappa shape index (κ2) is 6.00. The Labute approximate surface area is 134 Å². The average molecular weight is 392 g/mol. The first kappa shape index (κ1) is 15.7. The Morgan fingerprint density at radius 1 is 1.29 bits per heavy atom. The van der Waals surface area contributed by atoms with Crippen LogP contribution >= 0.6 is 27.5 Å². The SMILES string of the molecule is O=C(O)c1ccc(S(=O)(=O)Nc2cc(Br)cnc2Cl)cc1. The van der Waals surface area contributed by atoms with Gasteiger partial charge in [-0.15, -0.1) is 0 Å². The molecule has 9 heteroatoms. The van der Waals surface area contributed by atoms with Gasteiger partial charge in [0, 0.05) is 10.7 Å². The van der Waals surface area contributed by atoms with E-state index in [9.17, 15) is 13.2 Å². The van der Waals surface area contributed by atoms with Crippen molar-refractivity contribution in [3.63, 3.8) is 0 Å². The number of benzene rings is 1. The van der Waals surface area contributed by atoms with E-state index < -0.39 is 16.0 Å². The summed E-state index contributed by atoms with van der Waals surface area (Å²) in [6.07, 6.45) is 1.43. The molecule has 0 spiro atoms. The fourth-order valence-corrected chi connectivity index (χ4v) is 3.07. The van der Waals surface area contributed by atoms with Crippen molar-refractivity contribution < 1.29 is 18.3 Å². The molecule has 0 saturated heterocycles. The molecular formula is C12H8BrClN2O4S. The molecule has 0 saturated carbocycles. The van der Waals surface area contributed by atoms with Gasteiger partial charge < -0.3 is 5.11 Å². The number of nitrogens with zero attached hydrogens (tertiary/aromatic N) is 1. The van der Waals surface area contributed by atoms with E-state index in [-0.39, 0.29) is 21.3 Å². The third-order valence-corrected chi connectivity index (χ3v) is 4.58. The molecule has 0 aliphatic rings. The molecule has 0 unspecified atom stereocenters. The van der Waals surface area contributed by atoms with Crippen LogP contribution in [0.4, 0.5) is 5.69 Å². The highest BCUT2D eigenvalue weighted by Crippen LogP contribution is 2.25. The van der Waals surface area contributed by atoms with Gasteiger partial charge in [0.05, 0.1) is 16.1 Å². The van der Waals surface area contributed by atoms with Crippen molar-refractivity contribution in [2.24, 2.45) is 0 Å². The van der Waals surface area contributed by atoms with E-state index in [4.69, 9.17) is 16.7 Å². The maximum atomic E-state index is 12.2. The molecule has 6 nitrogen and oxygen atoms in total.